The lowest BCUT2D eigenvalue weighted by atomic mass is 10.1. The van der Waals surface area contributed by atoms with E-state index >= 15 is 0 Å². The number of hydrogen-bond acceptors (Lipinski definition) is 6. The summed E-state index contributed by atoms with van der Waals surface area (Å²) in [4.78, 5) is 38.8. The van der Waals surface area contributed by atoms with Gasteiger partial charge in [-0.3, -0.25) is 14.9 Å². The Morgan fingerprint density at radius 2 is 1.54 bits per heavy atom. The van der Waals surface area contributed by atoms with Gasteiger partial charge in [0, 0.05) is 5.02 Å². The van der Waals surface area contributed by atoms with E-state index in [4.69, 9.17) is 37.4 Å². The van der Waals surface area contributed by atoms with Crippen LogP contribution in [0.2, 0.25) is 10.0 Å². The molecule has 0 bridgehead atoms. The van der Waals surface area contributed by atoms with Gasteiger partial charge in [0.15, 0.2) is 11.5 Å². The van der Waals surface area contributed by atoms with Gasteiger partial charge in [0.05, 0.1) is 17.3 Å². The van der Waals surface area contributed by atoms with Crippen molar-refractivity contribution in [1.29, 1.82) is 0 Å². The Kier molecular flexibility index (Phi) is 8.32. The molecule has 0 saturated carbocycles. The van der Waals surface area contributed by atoms with E-state index in [1.807, 2.05) is 19.1 Å². The van der Waals surface area contributed by atoms with E-state index in [-0.39, 0.29) is 24.5 Å². The molecule has 0 radical (unpaired) electrons. The van der Waals surface area contributed by atoms with Crippen LogP contribution in [0.1, 0.15) is 12.5 Å². The standard InChI is InChI=1S/C27H22Cl2N2O6/c1-2-35-24-16-17(7-12-23(24)37-14-13-36-22-6-4-3-5-21(22)29)15-20-25(32)30-27(34)31(26(20)33)19-10-8-18(28)9-11-19/h3-12,15-16H,2,13-14H2,1H3,(H,30,32,34). The largest absolute Gasteiger partial charge is 0.490 e. The van der Waals surface area contributed by atoms with Crippen molar-refractivity contribution in [2.24, 2.45) is 0 Å². The molecule has 1 aliphatic heterocycles. The summed E-state index contributed by atoms with van der Waals surface area (Å²) in [6.07, 6.45) is 1.39. The van der Waals surface area contributed by atoms with Gasteiger partial charge in [-0.1, -0.05) is 41.4 Å². The van der Waals surface area contributed by atoms with E-state index in [1.165, 1.54) is 18.2 Å². The molecule has 0 atom stereocenters. The second-order valence-corrected chi connectivity index (χ2v) is 8.54. The molecule has 1 aliphatic rings. The van der Waals surface area contributed by atoms with Gasteiger partial charge in [0.25, 0.3) is 11.8 Å². The molecule has 0 spiro atoms. The molecule has 4 rings (SSSR count). The number of imide groups is 2. The number of para-hydroxylation sites is 1. The number of ether oxygens (including phenoxy) is 3. The summed E-state index contributed by atoms with van der Waals surface area (Å²) in [6.45, 7) is 2.67. The zero-order chi connectivity index (χ0) is 26.4. The Bertz CT molecular complexity index is 1360. The highest BCUT2D eigenvalue weighted by atomic mass is 35.5. The van der Waals surface area contributed by atoms with Crippen LogP contribution in [0, 0.1) is 0 Å². The van der Waals surface area contributed by atoms with Gasteiger partial charge in [0.2, 0.25) is 0 Å². The minimum absolute atomic E-state index is 0.209. The molecule has 1 N–H and O–H groups in total. The first kappa shape index (κ1) is 26.1. The molecular weight excluding hydrogens is 519 g/mol. The monoisotopic (exact) mass is 540 g/mol. The third kappa shape index (κ3) is 6.22. The Morgan fingerprint density at radius 1 is 0.838 bits per heavy atom. The molecule has 190 valence electrons. The van der Waals surface area contributed by atoms with E-state index in [9.17, 15) is 14.4 Å². The average molecular weight is 541 g/mol. The van der Waals surface area contributed by atoms with Crippen molar-refractivity contribution in [2.75, 3.05) is 24.7 Å². The van der Waals surface area contributed by atoms with Crippen LogP contribution in [-0.2, 0) is 9.59 Å². The predicted octanol–water partition coefficient (Wildman–Crippen LogP) is 5.52. The number of hydrogen-bond donors (Lipinski definition) is 1. The van der Waals surface area contributed by atoms with Crippen LogP contribution < -0.4 is 24.4 Å². The highest BCUT2D eigenvalue weighted by molar-refractivity contribution is 6.39. The van der Waals surface area contributed by atoms with E-state index in [1.54, 1.807) is 42.5 Å². The summed E-state index contributed by atoms with van der Waals surface area (Å²) in [5, 5.41) is 3.15. The average Bonchev–Trinajstić information content (AvgIpc) is 2.87. The molecular formula is C27H22Cl2N2O6. The number of urea groups is 1. The summed E-state index contributed by atoms with van der Waals surface area (Å²) in [5.41, 5.74) is 0.578. The lowest BCUT2D eigenvalue weighted by Crippen LogP contribution is -2.54. The Morgan fingerprint density at radius 3 is 2.24 bits per heavy atom. The van der Waals surface area contributed by atoms with Crippen molar-refractivity contribution in [2.45, 2.75) is 6.92 Å². The first-order chi connectivity index (χ1) is 17.9. The third-order valence-corrected chi connectivity index (χ3v) is 5.76. The molecule has 4 amide bonds. The van der Waals surface area contributed by atoms with Gasteiger partial charge in [0.1, 0.15) is 24.5 Å². The molecule has 1 saturated heterocycles. The lowest BCUT2D eigenvalue weighted by Gasteiger charge is -2.26. The zero-order valence-electron chi connectivity index (χ0n) is 19.7. The number of nitrogens with zero attached hydrogens (tertiary/aromatic N) is 1. The molecule has 0 aromatic heterocycles. The summed E-state index contributed by atoms with van der Waals surface area (Å²) in [5.74, 6) is -0.115. The quantitative estimate of drug-likeness (QED) is 0.218. The molecule has 3 aromatic rings. The Balaban J connectivity index is 1.51. The minimum atomic E-state index is -0.841. The maximum Gasteiger partial charge on any atom is 0.335 e. The maximum atomic E-state index is 13.1. The first-order valence-electron chi connectivity index (χ1n) is 11.3. The second kappa shape index (κ2) is 11.8. The van der Waals surface area contributed by atoms with Crippen LogP contribution in [0.4, 0.5) is 10.5 Å². The van der Waals surface area contributed by atoms with Gasteiger partial charge >= 0.3 is 6.03 Å². The lowest BCUT2D eigenvalue weighted by molar-refractivity contribution is -0.122. The van der Waals surface area contributed by atoms with Crippen LogP contribution in [0.3, 0.4) is 0 Å². The van der Waals surface area contributed by atoms with Crippen molar-refractivity contribution in [3.63, 3.8) is 0 Å². The Hall–Kier alpha value is -4.01. The highest BCUT2D eigenvalue weighted by Crippen LogP contribution is 2.31. The summed E-state index contributed by atoms with van der Waals surface area (Å²) < 4.78 is 17.1. The summed E-state index contributed by atoms with van der Waals surface area (Å²) in [6, 6.07) is 17.4. The number of barbiturate groups is 1. The summed E-state index contributed by atoms with van der Waals surface area (Å²) in [7, 11) is 0. The van der Waals surface area contributed by atoms with E-state index in [0.29, 0.717) is 39.5 Å². The molecule has 0 aliphatic carbocycles. The van der Waals surface area contributed by atoms with Crippen LogP contribution in [0.15, 0.2) is 72.3 Å². The number of anilines is 1. The Labute approximate surface area is 223 Å². The number of rotatable bonds is 9. The van der Waals surface area contributed by atoms with Crippen LogP contribution in [0.5, 0.6) is 17.2 Å². The summed E-state index contributed by atoms with van der Waals surface area (Å²) >= 11 is 12.0. The van der Waals surface area contributed by atoms with Crippen molar-refractivity contribution in [3.8, 4) is 17.2 Å². The highest BCUT2D eigenvalue weighted by Gasteiger charge is 2.36. The number of benzene rings is 3. The normalized spacial score (nSPS) is 14.5. The molecule has 10 heteroatoms. The fourth-order valence-electron chi connectivity index (χ4n) is 3.52. The minimum Gasteiger partial charge on any atom is -0.490 e. The number of carbonyl (C=O) groups excluding carboxylic acids is 3. The molecule has 8 nitrogen and oxygen atoms in total. The topological polar surface area (TPSA) is 94.2 Å². The smallest absolute Gasteiger partial charge is 0.335 e. The number of carbonyl (C=O) groups is 3. The third-order valence-electron chi connectivity index (χ3n) is 5.20. The maximum absolute atomic E-state index is 13.1. The van der Waals surface area contributed by atoms with Crippen LogP contribution >= 0.6 is 23.2 Å². The van der Waals surface area contributed by atoms with E-state index in [2.05, 4.69) is 5.32 Å². The zero-order valence-corrected chi connectivity index (χ0v) is 21.2. The predicted molar refractivity (Wildman–Crippen MR) is 141 cm³/mol. The van der Waals surface area contributed by atoms with Crippen molar-refractivity contribution < 1.29 is 28.6 Å². The van der Waals surface area contributed by atoms with Crippen LogP contribution in [0.25, 0.3) is 6.08 Å². The van der Waals surface area contributed by atoms with Gasteiger partial charge in [-0.2, -0.15) is 0 Å². The fraction of sp³-hybridized carbons (Fsp3) is 0.148. The number of nitrogens with one attached hydrogen (secondary N) is 1. The molecule has 1 heterocycles. The van der Waals surface area contributed by atoms with Crippen LogP contribution in [-0.4, -0.2) is 37.7 Å². The van der Waals surface area contributed by atoms with E-state index in [0.717, 1.165) is 4.90 Å². The van der Waals surface area contributed by atoms with E-state index < -0.39 is 17.8 Å². The van der Waals surface area contributed by atoms with Crippen molar-refractivity contribution >= 4 is 52.8 Å². The van der Waals surface area contributed by atoms with Gasteiger partial charge in [-0.25, -0.2) is 9.69 Å². The number of halogens is 2. The first-order valence-corrected chi connectivity index (χ1v) is 12.1. The SMILES string of the molecule is CCOc1cc(C=C2C(=O)NC(=O)N(c3ccc(Cl)cc3)C2=O)ccc1OCCOc1ccccc1Cl. The van der Waals surface area contributed by atoms with Gasteiger partial charge in [-0.05, 0) is 67.1 Å². The second-order valence-electron chi connectivity index (χ2n) is 7.70. The number of amides is 4. The van der Waals surface area contributed by atoms with Crippen molar-refractivity contribution in [1.82, 2.24) is 5.32 Å². The van der Waals surface area contributed by atoms with Gasteiger partial charge in [-0.15, -0.1) is 0 Å². The molecule has 1 fully saturated rings. The molecule has 0 unspecified atom stereocenters. The molecule has 37 heavy (non-hydrogen) atoms. The molecule has 3 aromatic carbocycles. The van der Waals surface area contributed by atoms with Crippen molar-refractivity contribution in [3.05, 3.63) is 87.9 Å². The fourth-order valence-corrected chi connectivity index (χ4v) is 3.83. The van der Waals surface area contributed by atoms with Gasteiger partial charge < -0.3 is 14.2 Å².